The highest BCUT2D eigenvalue weighted by molar-refractivity contribution is 14.0. The first-order valence-corrected chi connectivity index (χ1v) is 10.2. The summed E-state index contributed by atoms with van der Waals surface area (Å²) in [5, 5.41) is 16.6. The second-order valence-electron chi connectivity index (χ2n) is 6.85. The highest BCUT2D eigenvalue weighted by atomic mass is 127. The summed E-state index contributed by atoms with van der Waals surface area (Å²) in [5.74, 6) is 2.40. The molecule has 3 N–H and O–H groups in total. The summed E-state index contributed by atoms with van der Waals surface area (Å²) in [4.78, 5) is 4.59. The fourth-order valence-corrected chi connectivity index (χ4v) is 2.83. The molecule has 172 valence electrons. The van der Waals surface area contributed by atoms with Crippen LogP contribution in [0.25, 0.3) is 0 Å². The smallest absolute Gasteiger partial charge is 0.191 e. The van der Waals surface area contributed by atoms with E-state index in [4.69, 9.17) is 14.2 Å². The number of aryl methyl sites for hydroxylation is 1. The first-order valence-electron chi connectivity index (χ1n) is 10.2. The Bertz CT molecular complexity index is 830. The quantitative estimate of drug-likeness (QED) is 0.172. The molecule has 2 aromatic carbocycles. The summed E-state index contributed by atoms with van der Waals surface area (Å²) in [7, 11) is 3.29. The summed E-state index contributed by atoms with van der Waals surface area (Å²) in [6.45, 7) is 6.95. The van der Waals surface area contributed by atoms with Crippen molar-refractivity contribution >= 4 is 29.9 Å². The molecule has 0 unspecified atom stereocenters. The van der Waals surface area contributed by atoms with Gasteiger partial charge < -0.3 is 30.0 Å². The molecule has 0 radical (unpaired) electrons. The van der Waals surface area contributed by atoms with E-state index in [2.05, 4.69) is 27.8 Å². The highest BCUT2D eigenvalue weighted by Crippen LogP contribution is 2.23. The maximum Gasteiger partial charge on any atom is 0.191 e. The van der Waals surface area contributed by atoms with Gasteiger partial charge in [-0.05, 0) is 43.7 Å². The molecule has 0 aliphatic rings. The number of rotatable bonds is 11. The second-order valence-corrected chi connectivity index (χ2v) is 6.85. The SMILES string of the molecule is CCNC(=NCc1cc(OC)ccc1O)NCc1ccc(C)cc1OCCCOC.I. The molecule has 0 heterocycles. The minimum absolute atomic E-state index is 0. The number of hydrogen-bond acceptors (Lipinski definition) is 5. The number of halogens is 1. The van der Waals surface area contributed by atoms with Crippen molar-refractivity contribution in [2.45, 2.75) is 33.4 Å². The summed E-state index contributed by atoms with van der Waals surface area (Å²) < 4.78 is 16.3. The lowest BCUT2D eigenvalue weighted by Crippen LogP contribution is -2.36. The predicted octanol–water partition coefficient (Wildman–Crippen LogP) is 4.00. The maximum atomic E-state index is 10.1. The minimum atomic E-state index is 0. The van der Waals surface area contributed by atoms with Crippen LogP contribution in [0.4, 0.5) is 0 Å². The van der Waals surface area contributed by atoms with Gasteiger partial charge in [0.2, 0.25) is 0 Å². The molecule has 0 saturated heterocycles. The van der Waals surface area contributed by atoms with Gasteiger partial charge in [-0.25, -0.2) is 4.99 Å². The van der Waals surface area contributed by atoms with E-state index in [1.165, 1.54) is 0 Å². The minimum Gasteiger partial charge on any atom is -0.508 e. The monoisotopic (exact) mass is 543 g/mol. The van der Waals surface area contributed by atoms with Crippen LogP contribution in [-0.2, 0) is 17.8 Å². The molecule has 7 nitrogen and oxygen atoms in total. The van der Waals surface area contributed by atoms with Crippen LogP contribution < -0.4 is 20.1 Å². The zero-order chi connectivity index (χ0) is 21.8. The topological polar surface area (TPSA) is 84.3 Å². The molecule has 0 aliphatic heterocycles. The van der Waals surface area contributed by atoms with Crippen molar-refractivity contribution in [3.05, 3.63) is 53.1 Å². The molecular formula is C23H34IN3O4. The molecule has 0 aliphatic carbocycles. The molecular weight excluding hydrogens is 509 g/mol. The Morgan fingerprint density at radius 2 is 1.84 bits per heavy atom. The lowest BCUT2D eigenvalue weighted by atomic mass is 10.1. The number of guanidine groups is 1. The van der Waals surface area contributed by atoms with Crippen molar-refractivity contribution in [1.82, 2.24) is 10.6 Å². The van der Waals surface area contributed by atoms with Gasteiger partial charge in [-0.15, -0.1) is 24.0 Å². The Kier molecular flexibility index (Phi) is 12.8. The number of nitrogens with one attached hydrogen (secondary N) is 2. The predicted molar refractivity (Wildman–Crippen MR) is 135 cm³/mol. The zero-order valence-electron chi connectivity index (χ0n) is 18.7. The van der Waals surface area contributed by atoms with E-state index in [0.717, 1.165) is 29.8 Å². The van der Waals surface area contributed by atoms with E-state index < -0.39 is 0 Å². The van der Waals surface area contributed by atoms with E-state index in [1.807, 2.05) is 19.9 Å². The Morgan fingerprint density at radius 3 is 2.55 bits per heavy atom. The van der Waals surface area contributed by atoms with E-state index >= 15 is 0 Å². The number of aliphatic imine (C=N–C) groups is 1. The lowest BCUT2D eigenvalue weighted by Gasteiger charge is -2.15. The van der Waals surface area contributed by atoms with Crippen LogP contribution in [0.1, 0.15) is 30.0 Å². The number of nitrogens with zero attached hydrogens (tertiary/aromatic N) is 1. The van der Waals surface area contributed by atoms with Crippen molar-refractivity contribution in [3.63, 3.8) is 0 Å². The van der Waals surface area contributed by atoms with E-state index in [0.29, 0.717) is 43.6 Å². The third-order valence-electron chi connectivity index (χ3n) is 4.46. The van der Waals surface area contributed by atoms with Crippen LogP contribution in [0.3, 0.4) is 0 Å². The normalized spacial score (nSPS) is 10.9. The first kappa shape index (κ1) is 26.8. The highest BCUT2D eigenvalue weighted by Gasteiger charge is 2.07. The van der Waals surface area contributed by atoms with Gasteiger partial charge in [-0.2, -0.15) is 0 Å². The maximum absolute atomic E-state index is 10.1. The lowest BCUT2D eigenvalue weighted by molar-refractivity contribution is 0.171. The Balaban J connectivity index is 0.00000480. The Morgan fingerprint density at radius 1 is 1.03 bits per heavy atom. The van der Waals surface area contributed by atoms with Crippen LogP contribution >= 0.6 is 24.0 Å². The zero-order valence-corrected chi connectivity index (χ0v) is 21.1. The van der Waals surface area contributed by atoms with Crippen LogP contribution in [-0.4, -0.2) is 45.0 Å². The van der Waals surface area contributed by atoms with E-state index in [1.54, 1.807) is 32.4 Å². The van der Waals surface area contributed by atoms with Crippen molar-refractivity contribution in [1.29, 1.82) is 0 Å². The van der Waals surface area contributed by atoms with Gasteiger partial charge in [-0.1, -0.05) is 12.1 Å². The van der Waals surface area contributed by atoms with Crippen LogP contribution in [0.5, 0.6) is 17.2 Å². The van der Waals surface area contributed by atoms with E-state index in [-0.39, 0.29) is 29.7 Å². The fraction of sp³-hybridized carbons (Fsp3) is 0.435. The van der Waals surface area contributed by atoms with E-state index in [9.17, 15) is 5.11 Å². The average molecular weight is 543 g/mol. The fourth-order valence-electron chi connectivity index (χ4n) is 2.83. The number of phenolic OH excluding ortho intramolecular Hbond substituents is 1. The number of aromatic hydroxyl groups is 1. The Hall–Kier alpha value is -2.20. The van der Waals surface area contributed by atoms with Crippen LogP contribution in [0.15, 0.2) is 41.4 Å². The van der Waals surface area contributed by atoms with Gasteiger partial charge in [0, 0.05) is 44.4 Å². The van der Waals surface area contributed by atoms with Crippen LogP contribution in [0.2, 0.25) is 0 Å². The third kappa shape index (κ3) is 9.22. The number of hydrogen-bond donors (Lipinski definition) is 3. The standard InChI is InChI=1S/C23H33N3O4.HI/c1-5-24-23(26-16-19-14-20(29-4)9-10-21(19)27)25-15-18-8-7-17(2)13-22(18)30-12-6-11-28-3;/h7-10,13-14,27H,5-6,11-12,15-16H2,1-4H3,(H2,24,25,26);1H. The van der Waals surface area contributed by atoms with Gasteiger partial charge in [0.25, 0.3) is 0 Å². The summed E-state index contributed by atoms with van der Waals surface area (Å²) >= 11 is 0. The number of ether oxygens (including phenoxy) is 3. The molecule has 31 heavy (non-hydrogen) atoms. The van der Waals surface area contributed by atoms with Crippen LogP contribution in [0, 0.1) is 6.92 Å². The molecule has 2 rings (SSSR count). The molecule has 2 aromatic rings. The van der Waals surface area contributed by atoms with Gasteiger partial charge in [0.05, 0.1) is 20.3 Å². The summed E-state index contributed by atoms with van der Waals surface area (Å²) in [6, 6.07) is 11.3. The molecule has 0 fully saturated rings. The molecule has 8 heteroatoms. The number of phenols is 1. The summed E-state index contributed by atoms with van der Waals surface area (Å²) in [5.41, 5.74) is 2.89. The number of benzene rings is 2. The first-order chi connectivity index (χ1) is 14.6. The van der Waals surface area contributed by atoms with Gasteiger partial charge >= 0.3 is 0 Å². The Labute approximate surface area is 202 Å². The van der Waals surface area contributed by atoms with Gasteiger partial charge in [0.1, 0.15) is 17.2 Å². The summed E-state index contributed by atoms with van der Waals surface area (Å²) in [6.07, 6.45) is 0.839. The molecule has 0 saturated carbocycles. The van der Waals surface area contributed by atoms with Gasteiger partial charge in [-0.3, -0.25) is 0 Å². The van der Waals surface area contributed by atoms with Crippen molar-refractivity contribution in [3.8, 4) is 17.2 Å². The van der Waals surface area contributed by atoms with Crippen molar-refractivity contribution < 1.29 is 19.3 Å². The largest absolute Gasteiger partial charge is 0.508 e. The second kappa shape index (κ2) is 14.7. The van der Waals surface area contributed by atoms with Gasteiger partial charge in [0.15, 0.2) is 5.96 Å². The molecule has 0 atom stereocenters. The van der Waals surface area contributed by atoms with Crippen molar-refractivity contribution in [2.75, 3.05) is 34.0 Å². The third-order valence-corrected chi connectivity index (χ3v) is 4.46. The molecule has 0 amide bonds. The number of methoxy groups -OCH3 is 2. The average Bonchev–Trinajstić information content (AvgIpc) is 2.75. The molecule has 0 bridgehead atoms. The molecule has 0 aromatic heterocycles. The molecule has 0 spiro atoms. The van der Waals surface area contributed by atoms with Crippen molar-refractivity contribution in [2.24, 2.45) is 4.99 Å².